The van der Waals surface area contributed by atoms with Gasteiger partial charge >= 0.3 is 5.97 Å². The Hall–Kier alpha value is -2.81. The molecule has 144 valence electrons. The lowest BCUT2D eigenvalue weighted by molar-refractivity contribution is -0.139. The largest absolute Gasteiger partial charge is 0.469 e. The highest BCUT2D eigenvalue weighted by Gasteiger charge is 2.09. The maximum atomic E-state index is 12.0. The minimum atomic E-state index is -0.484. The van der Waals surface area contributed by atoms with Crippen LogP contribution in [0.25, 0.3) is 0 Å². The molecule has 0 bridgehead atoms. The minimum Gasteiger partial charge on any atom is -0.469 e. The number of esters is 1. The van der Waals surface area contributed by atoms with Crippen LogP contribution in [0.15, 0.2) is 40.3 Å². The van der Waals surface area contributed by atoms with Gasteiger partial charge in [-0.3, -0.25) is 14.4 Å². The molecule has 0 aliphatic heterocycles. The second-order valence-corrected chi connectivity index (χ2v) is 6.89. The van der Waals surface area contributed by atoms with Gasteiger partial charge in [-0.15, -0.1) is 0 Å². The van der Waals surface area contributed by atoms with Crippen molar-refractivity contribution < 1.29 is 14.3 Å². The van der Waals surface area contributed by atoms with Gasteiger partial charge in [-0.2, -0.15) is 0 Å². The number of anilines is 1. The molecule has 1 heterocycles. The Balaban J connectivity index is 1.86. The van der Waals surface area contributed by atoms with E-state index in [1.165, 1.54) is 13.2 Å². The van der Waals surface area contributed by atoms with Gasteiger partial charge in [0.1, 0.15) is 0 Å². The van der Waals surface area contributed by atoms with E-state index in [0.29, 0.717) is 12.2 Å². The number of hydrogen-bond donors (Lipinski definition) is 2. The van der Waals surface area contributed by atoms with E-state index in [2.05, 4.69) is 20.0 Å². The van der Waals surface area contributed by atoms with Crippen molar-refractivity contribution in [1.82, 2.24) is 15.3 Å². The number of nitrogens with zero attached hydrogens (tertiary/aromatic N) is 2. The third kappa shape index (κ3) is 6.78. The molecule has 2 N–H and O–H groups in total. The summed E-state index contributed by atoms with van der Waals surface area (Å²) in [6.07, 6.45) is -0.0941. The molecule has 0 aliphatic rings. The molecule has 0 unspecified atom stereocenters. The van der Waals surface area contributed by atoms with Gasteiger partial charge in [-0.25, -0.2) is 4.98 Å². The zero-order chi connectivity index (χ0) is 19.8. The first-order valence-electron chi connectivity index (χ1n) is 8.20. The second-order valence-electron chi connectivity index (χ2n) is 5.92. The van der Waals surface area contributed by atoms with Crippen molar-refractivity contribution in [1.29, 1.82) is 0 Å². The van der Waals surface area contributed by atoms with Crippen molar-refractivity contribution in [3.63, 3.8) is 0 Å². The van der Waals surface area contributed by atoms with Crippen molar-refractivity contribution >= 4 is 29.3 Å². The SMILES string of the molecule is COC(=O)Cc1cc(=O)[nH]c(SCC(=O)NCc2ccc(N(C)C)cc2)n1. The second kappa shape index (κ2) is 9.77. The fourth-order valence-electron chi connectivity index (χ4n) is 2.16. The fraction of sp³-hybridized carbons (Fsp3) is 0.333. The molecular formula is C18H22N4O4S. The Morgan fingerprint density at radius 2 is 1.96 bits per heavy atom. The van der Waals surface area contributed by atoms with Crippen molar-refractivity contribution in [2.45, 2.75) is 18.1 Å². The highest BCUT2D eigenvalue weighted by atomic mass is 32.2. The molecule has 0 saturated heterocycles. The van der Waals surface area contributed by atoms with Crippen molar-refractivity contribution in [2.24, 2.45) is 0 Å². The van der Waals surface area contributed by atoms with Crippen LogP contribution in [-0.4, -0.2) is 48.8 Å². The molecule has 0 fully saturated rings. The first-order chi connectivity index (χ1) is 12.9. The molecule has 2 aromatic rings. The predicted molar refractivity (Wildman–Crippen MR) is 104 cm³/mol. The zero-order valence-corrected chi connectivity index (χ0v) is 16.3. The number of thioether (sulfide) groups is 1. The van der Waals surface area contributed by atoms with Crippen molar-refractivity contribution in [3.8, 4) is 0 Å². The molecule has 9 heteroatoms. The Bertz CT molecular complexity index is 849. The van der Waals surface area contributed by atoms with E-state index in [9.17, 15) is 14.4 Å². The van der Waals surface area contributed by atoms with Gasteiger partial charge in [-0.05, 0) is 17.7 Å². The number of H-pyrrole nitrogens is 1. The minimum absolute atomic E-state index is 0.0941. The number of methoxy groups -OCH3 is 1. The predicted octanol–water partition coefficient (Wildman–Crippen LogP) is 0.960. The maximum Gasteiger partial charge on any atom is 0.311 e. The first kappa shape index (κ1) is 20.5. The van der Waals surface area contributed by atoms with E-state index >= 15 is 0 Å². The molecule has 0 aliphatic carbocycles. The van der Waals surface area contributed by atoms with Crippen LogP contribution in [0.1, 0.15) is 11.3 Å². The monoisotopic (exact) mass is 390 g/mol. The average Bonchev–Trinajstić information content (AvgIpc) is 2.64. The van der Waals surface area contributed by atoms with Gasteiger partial charge in [0.15, 0.2) is 5.16 Å². The summed E-state index contributed by atoms with van der Waals surface area (Å²) >= 11 is 1.10. The van der Waals surface area contributed by atoms with Crippen molar-refractivity contribution in [2.75, 3.05) is 31.9 Å². The lowest BCUT2D eigenvalue weighted by Gasteiger charge is -2.12. The van der Waals surface area contributed by atoms with E-state index in [0.717, 1.165) is 23.0 Å². The molecular weight excluding hydrogens is 368 g/mol. The van der Waals surface area contributed by atoms with Crippen LogP contribution in [0.3, 0.4) is 0 Å². The smallest absolute Gasteiger partial charge is 0.311 e. The molecule has 0 spiro atoms. The van der Waals surface area contributed by atoms with Gasteiger partial charge in [0.25, 0.3) is 5.56 Å². The number of rotatable bonds is 8. The molecule has 0 saturated carbocycles. The summed E-state index contributed by atoms with van der Waals surface area (Å²) < 4.78 is 4.56. The van der Waals surface area contributed by atoms with Crippen LogP contribution in [-0.2, 0) is 27.3 Å². The topological polar surface area (TPSA) is 104 Å². The summed E-state index contributed by atoms with van der Waals surface area (Å²) in [7, 11) is 5.20. The Morgan fingerprint density at radius 3 is 2.59 bits per heavy atom. The Labute approximate surface area is 161 Å². The summed E-state index contributed by atoms with van der Waals surface area (Å²) in [6.45, 7) is 0.416. The quantitative estimate of drug-likeness (QED) is 0.393. The summed E-state index contributed by atoms with van der Waals surface area (Å²) in [5, 5.41) is 3.11. The van der Waals surface area contributed by atoms with E-state index < -0.39 is 5.97 Å². The number of benzene rings is 1. The fourth-order valence-corrected chi connectivity index (χ4v) is 2.88. The van der Waals surface area contributed by atoms with Crippen LogP contribution >= 0.6 is 11.8 Å². The number of aromatic amines is 1. The molecule has 1 aromatic carbocycles. The van der Waals surface area contributed by atoms with E-state index in [1.807, 2.05) is 43.3 Å². The summed E-state index contributed by atoms with van der Waals surface area (Å²) in [5.41, 5.74) is 2.00. The number of aromatic nitrogens is 2. The van der Waals surface area contributed by atoms with Gasteiger partial charge < -0.3 is 19.9 Å². The molecule has 1 amide bonds. The highest BCUT2D eigenvalue weighted by Crippen LogP contribution is 2.13. The van der Waals surface area contributed by atoms with Crippen LogP contribution in [0, 0.1) is 0 Å². The number of nitrogens with one attached hydrogen (secondary N) is 2. The van der Waals surface area contributed by atoms with Gasteiger partial charge in [0.05, 0.1) is 25.0 Å². The highest BCUT2D eigenvalue weighted by molar-refractivity contribution is 7.99. The lowest BCUT2D eigenvalue weighted by Crippen LogP contribution is -2.25. The third-order valence-corrected chi connectivity index (χ3v) is 4.48. The molecule has 2 rings (SSSR count). The van der Waals surface area contributed by atoms with E-state index in [4.69, 9.17) is 0 Å². The lowest BCUT2D eigenvalue weighted by atomic mass is 10.2. The third-order valence-electron chi connectivity index (χ3n) is 3.61. The Kier molecular flexibility index (Phi) is 7.42. The molecule has 0 radical (unpaired) electrons. The van der Waals surface area contributed by atoms with Crippen LogP contribution in [0.5, 0.6) is 0 Å². The van der Waals surface area contributed by atoms with E-state index in [-0.39, 0.29) is 28.8 Å². The number of ether oxygens (including phenoxy) is 1. The van der Waals surface area contributed by atoms with Crippen LogP contribution < -0.4 is 15.8 Å². The molecule has 1 aromatic heterocycles. The van der Waals surface area contributed by atoms with Gasteiger partial charge in [0.2, 0.25) is 5.91 Å². The average molecular weight is 390 g/mol. The Morgan fingerprint density at radius 1 is 1.26 bits per heavy atom. The maximum absolute atomic E-state index is 12.0. The van der Waals surface area contributed by atoms with E-state index in [1.54, 1.807) is 0 Å². The normalized spacial score (nSPS) is 10.3. The van der Waals surface area contributed by atoms with Crippen LogP contribution in [0.2, 0.25) is 0 Å². The summed E-state index contributed by atoms with van der Waals surface area (Å²) in [6, 6.07) is 9.12. The number of carbonyl (C=O) groups excluding carboxylic acids is 2. The number of hydrogen-bond acceptors (Lipinski definition) is 7. The number of amides is 1. The summed E-state index contributed by atoms with van der Waals surface area (Å²) in [4.78, 5) is 43.7. The molecule has 27 heavy (non-hydrogen) atoms. The molecule has 0 atom stereocenters. The van der Waals surface area contributed by atoms with Gasteiger partial charge in [-0.1, -0.05) is 23.9 Å². The van der Waals surface area contributed by atoms with Crippen LogP contribution in [0.4, 0.5) is 5.69 Å². The standard InChI is InChI=1S/C18H22N4O4S/c1-22(2)14-6-4-12(5-7-14)10-19-16(24)11-27-18-20-13(8-15(23)21-18)9-17(25)26-3/h4-8H,9-11H2,1-3H3,(H,19,24)(H,20,21,23). The van der Waals surface area contributed by atoms with Crippen molar-refractivity contribution in [3.05, 3.63) is 51.9 Å². The number of carbonyl (C=O) groups is 2. The first-order valence-corrected chi connectivity index (χ1v) is 9.18. The zero-order valence-electron chi connectivity index (χ0n) is 15.4. The molecule has 8 nitrogen and oxygen atoms in total. The summed E-state index contributed by atoms with van der Waals surface area (Å²) in [5.74, 6) is -0.569. The van der Waals surface area contributed by atoms with Gasteiger partial charge in [0, 0.05) is 32.4 Å².